The van der Waals surface area contributed by atoms with Gasteiger partial charge >= 0.3 is 0 Å². The van der Waals surface area contributed by atoms with Crippen molar-refractivity contribution in [1.82, 2.24) is 9.97 Å². The Hall–Kier alpha value is -2.88. The Morgan fingerprint density at radius 1 is 0.960 bits per heavy atom. The third-order valence-corrected chi connectivity index (χ3v) is 4.11. The van der Waals surface area contributed by atoms with Gasteiger partial charge in [-0.05, 0) is 50.1 Å². The lowest BCUT2D eigenvalue weighted by atomic mass is 10.1. The highest BCUT2D eigenvalue weighted by Crippen LogP contribution is 2.23. The molecule has 0 aliphatic heterocycles. The average molecular weight is 332 g/mol. The molecule has 0 saturated heterocycles. The summed E-state index contributed by atoms with van der Waals surface area (Å²) in [6.45, 7) is 7.85. The summed E-state index contributed by atoms with van der Waals surface area (Å²) in [5.74, 6) is 1.54. The van der Waals surface area contributed by atoms with Crippen LogP contribution < -0.4 is 10.2 Å². The van der Waals surface area contributed by atoms with E-state index in [1.165, 1.54) is 16.7 Å². The fourth-order valence-electron chi connectivity index (χ4n) is 2.71. The highest BCUT2D eigenvalue weighted by atomic mass is 15.3. The van der Waals surface area contributed by atoms with Crippen molar-refractivity contribution >= 4 is 17.5 Å². The number of nitrogens with one attached hydrogen (secondary N) is 1. The number of rotatable bonds is 6. The number of hydrogen-bond donors (Lipinski definition) is 1. The molecule has 0 unspecified atom stereocenters. The summed E-state index contributed by atoms with van der Waals surface area (Å²) in [7, 11) is 0. The predicted molar refractivity (Wildman–Crippen MR) is 104 cm³/mol. The molecule has 4 nitrogen and oxygen atoms in total. The minimum Gasteiger partial charge on any atom is -0.366 e. The predicted octanol–water partition coefficient (Wildman–Crippen LogP) is 4.86. The molecule has 0 saturated carbocycles. The highest BCUT2D eigenvalue weighted by molar-refractivity contribution is 5.59. The van der Waals surface area contributed by atoms with Crippen molar-refractivity contribution < 1.29 is 0 Å². The Bertz CT molecular complexity index is 827. The van der Waals surface area contributed by atoms with Gasteiger partial charge in [0.05, 0.1) is 0 Å². The first kappa shape index (κ1) is 17.0. The minimum atomic E-state index is 0.710. The Morgan fingerprint density at radius 3 is 2.48 bits per heavy atom. The molecule has 25 heavy (non-hydrogen) atoms. The Kier molecular flexibility index (Phi) is 5.29. The summed E-state index contributed by atoms with van der Waals surface area (Å²) in [6.07, 6.45) is 1.80. The topological polar surface area (TPSA) is 41.1 Å². The van der Waals surface area contributed by atoms with Gasteiger partial charge in [0.2, 0.25) is 5.95 Å². The van der Waals surface area contributed by atoms with Crippen molar-refractivity contribution in [1.29, 1.82) is 0 Å². The van der Waals surface area contributed by atoms with Crippen molar-refractivity contribution in [3.63, 3.8) is 0 Å². The summed E-state index contributed by atoms with van der Waals surface area (Å²) >= 11 is 0. The first-order chi connectivity index (χ1) is 12.2. The highest BCUT2D eigenvalue weighted by Gasteiger charge is 2.11. The Labute approximate surface area is 149 Å². The number of nitrogens with zero attached hydrogens (tertiary/aromatic N) is 3. The molecule has 0 fully saturated rings. The molecule has 3 rings (SSSR count). The molecule has 0 spiro atoms. The third kappa shape index (κ3) is 4.35. The third-order valence-electron chi connectivity index (χ3n) is 4.11. The maximum absolute atomic E-state index is 4.69. The van der Waals surface area contributed by atoms with E-state index in [9.17, 15) is 0 Å². The van der Waals surface area contributed by atoms with E-state index >= 15 is 0 Å². The van der Waals surface area contributed by atoms with Gasteiger partial charge in [-0.3, -0.25) is 0 Å². The molecule has 0 amide bonds. The van der Waals surface area contributed by atoms with Gasteiger partial charge in [-0.15, -0.1) is 0 Å². The van der Waals surface area contributed by atoms with Gasteiger partial charge < -0.3 is 10.2 Å². The van der Waals surface area contributed by atoms with Gasteiger partial charge in [-0.2, -0.15) is 4.98 Å². The van der Waals surface area contributed by atoms with Crippen molar-refractivity contribution in [2.75, 3.05) is 16.8 Å². The number of aromatic nitrogens is 2. The summed E-state index contributed by atoms with van der Waals surface area (Å²) < 4.78 is 0. The maximum Gasteiger partial charge on any atom is 0.231 e. The van der Waals surface area contributed by atoms with E-state index in [0.29, 0.717) is 5.95 Å². The van der Waals surface area contributed by atoms with Crippen LogP contribution in [0.2, 0.25) is 0 Å². The van der Waals surface area contributed by atoms with E-state index in [1.807, 2.05) is 6.07 Å². The largest absolute Gasteiger partial charge is 0.366 e. The van der Waals surface area contributed by atoms with Crippen LogP contribution in [0.1, 0.15) is 23.6 Å². The lowest BCUT2D eigenvalue weighted by molar-refractivity contribution is 0.941. The summed E-state index contributed by atoms with van der Waals surface area (Å²) in [6, 6.07) is 18.8. The van der Waals surface area contributed by atoms with Crippen LogP contribution in [0, 0.1) is 13.8 Å². The van der Waals surface area contributed by atoms with Gasteiger partial charge in [0, 0.05) is 25.0 Å². The first-order valence-corrected chi connectivity index (χ1v) is 8.62. The average Bonchev–Trinajstić information content (AvgIpc) is 2.62. The maximum atomic E-state index is 4.69. The molecule has 128 valence electrons. The Morgan fingerprint density at radius 2 is 1.76 bits per heavy atom. The van der Waals surface area contributed by atoms with Crippen molar-refractivity contribution in [3.8, 4) is 0 Å². The zero-order chi connectivity index (χ0) is 17.6. The van der Waals surface area contributed by atoms with E-state index in [1.54, 1.807) is 6.20 Å². The van der Waals surface area contributed by atoms with Crippen LogP contribution in [0.3, 0.4) is 0 Å². The monoisotopic (exact) mass is 332 g/mol. The van der Waals surface area contributed by atoms with Crippen molar-refractivity contribution in [2.45, 2.75) is 27.3 Å². The second-order valence-electron chi connectivity index (χ2n) is 6.16. The quantitative estimate of drug-likeness (QED) is 0.699. The standard InChI is InChI=1S/C21H24N4/c1-4-25(19-7-5-6-17(3)14-19)21-22-13-12-20(24-21)23-15-18-10-8-16(2)9-11-18/h5-14H,4,15H2,1-3H3,(H,22,23,24). The van der Waals surface area contributed by atoms with E-state index < -0.39 is 0 Å². The van der Waals surface area contributed by atoms with Gasteiger partial charge in [-0.1, -0.05) is 42.0 Å². The summed E-state index contributed by atoms with van der Waals surface area (Å²) in [5, 5.41) is 3.38. The van der Waals surface area contributed by atoms with E-state index in [2.05, 4.69) is 89.5 Å². The van der Waals surface area contributed by atoms with Crippen LogP contribution in [-0.4, -0.2) is 16.5 Å². The molecule has 2 aromatic carbocycles. The SMILES string of the molecule is CCN(c1cccc(C)c1)c1nccc(NCc2ccc(C)cc2)n1. The second kappa shape index (κ2) is 7.79. The van der Waals surface area contributed by atoms with E-state index in [4.69, 9.17) is 0 Å². The summed E-state index contributed by atoms with van der Waals surface area (Å²) in [5.41, 5.74) is 4.84. The Balaban J connectivity index is 1.76. The molecule has 0 aliphatic carbocycles. The number of hydrogen-bond acceptors (Lipinski definition) is 4. The smallest absolute Gasteiger partial charge is 0.231 e. The zero-order valence-electron chi connectivity index (χ0n) is 15.0. The van der Waals surface area contributed by atoms with Crippen LogP contribution in [0.4, 0.5) is 17.5 Å². The molecular formula is C21H24N4. The fourth-order valence-corrected chi connectivity index (χ4v) is 2.71. The van der Waals surface area contributed by atoms with Crippen molar-refractivity contribution in [3.05, 3.63) is 77.5 Å². The van der Waals surface area contributed by atoms with Gasteiger partial charge in [0.15, 0.2) is 0 Å². The molecule has 4 heteroatoms. The molecule has 0 atom stereocenters. The lowest BCUT2D eigenvalue weighted by Gasteiger charge is -2.21. The number of benzene rings is 2. The number of anilines is 3. The van der Waals surface area contributed by atoms with Crippen LogP contribution in [0.5, 0.6) is 0 Å². The normalized spacial score (nSPS) is 10.5. The van der Waals surface area contributed by atoms with Crippen molar-refractivity contribution in [2.24, 2.45) is 0 Å². The molecule has 1 heterocycles. The summed E-state index contributed by atoms with van der Waals surface area (Å²) in [4.78, 5) is 11.3. The van der Waals surface area contributed by atoms with Crippen LogP contribution >= 0.6 is 0 Å². The van der Waals surface area contributed by atoms with E-state index in [0.717, 1.165) is 24.6 Å². The van der Waals surface area contributed by atoms with Gasteiger partial charge in [0.25, 0.3) is 0 Å². The van der Waals surface area contributed by atoms with Crippen LogP contribution in [0.15, 0.2) is 60.8 Å². The zero-order valence-corrected chi connectivity index (χ0v) is 15.0. The van der Waals surface area contributed by atoms with Gasteiger partial charge in [0.1, 0.15) is 5.82 Å². The molecule has 0 bridgehead atoms. The second-order valence-corrected chi connectivity index (χ2v) is 6.16. The molecular weight excluding hydrogens is 308 g/mol. The molecule has 1 aromatic heterocycles. The molecule has 1 N–H and O–H groups in total. The van der Waals surface area contributed by atoms with Crippen LogP contribution in [0.25, 0.3) is 0 Å². The minimum absolute atomic E-state index is 0.710. The fraction of sp³-hybridized carbons (Fsp3) is 0.238. The molecule has 0 radical (unpaired) electrons. The van der Waals surface area contributed by atoms with E-state index in [-0.39, 0.29) is 0 Å². The molecule has 3 aromatic rings. The first-order valence-electron chi connectivity index (χ1n) is 8.62. The lowest BCUT2D eigenvalue weighted by Crippen LogP contribution is -2.19. The molecule has 0 aliphatic rings. The van der Waals surface area contributed by atoms with Gasteiger partial charge in [-0.25, -0.2) is 4.98 Å². The number of aryl methyl sites for hydroxylation is 2. The van der Waals surface area contributed by atoms with Crippen LogP contribution in [-0.2, 0) is 6.54 Å².